The Balaban J connectivity index is 1.63. The van der Waals surface area contributed by atoms with Gasteiger partial charge in [0.15, 0.2) is 6.79 Å². The van der Waals surface area contributed by atoms with Crippen molar-refractivity contribution in [2.45, 2.75) is 31.2 Å². The minimum absolute atomic E-state index is 0.0235. The fraction of sp³-hybridized carbons (Fsp3) is 0.478. The number of ether oxygens (including phenoxy) is 4. The lowest BCUT2D eigenvalue weighted by molar-refractivity contribution is -0.155. The van der Waals surface area contributed by atoms with Crippen LogP contribution in [0.5, 0.6) is 0 Å². The highest BCUT2D eigenvalue weighted by atomic mass is 19.4. The number of alkyl halides is 3. The van der Waals surface area contributed by atoms with Crippen molar-refractivity contribution in [2.75, 3.05) is 32.0 Å². The van der Waals surface area contributed by atoms with E-state index in [4.69, 9.17) is 24.2 Å². The Labute approximate surface area is 198 Å². The molecule has 0 saturated carbocycles. The number of nitriles is 1. The average Bonchev–Trinajstić information content (AvgIpc) is 3.33. The molecule has 0 spiro atoms. The number of methoxy groups -OCH3 is 1. The van der Waals surface area contributed by atoms with Crippen molar-refractivity contribution in [1.82, 2.24) is 0 Å². The number of benzene rings is 1. The van der Waals surface area contributed by atoms with E-state index in [-0.39, 0.29) is 24.7 Å². The van der Waals surface area contributed by atoms with Crippen molar-refractivity contribution in [3.05, 3.63) is 41.0 Å². The highest BCUT2D eigenvalue weighted by Crippen LogP contribution is 2.60. The van der Waals surface area contributed by atoms with Crippen LogP contribution in [0.2, 0.25) is 0 Å². The van der Waals surface area contributed by atoms with Gasteiger partial charge in [-0.15, -0.1) is 0 Å². The quantitative estimate of drug-likeness (QED) is 0.246. The summed E-state index contributed by atoms with van der Waals surface area (Å²) >= 11 is 0. The summed E-state index contributed by atoms with van der Waals surface area (Å²) in [5.41, 5.74) is -5.08. The number of carbonyl (C=O) groups is 3. The van der Waals surface area contributed by atoms with Crippen molar-refractivity contribution < 1.29 is 46.5 Å². The number of amides is 2. The summed E-state index contributed by atoms with van der Waals surface area (Å²) < 4.78 is 61.4. The summed E-state index contributed by atoms with van der Waals surface area (Å²) in [6, 6.07) is 4.08. The molecule has 2 saturated heterocycles. The van der Waals surface area contributed by atoms with Gasteiger partial charge in [-0.1, -0.05) is 0 Å². The van der Waals surface area contributed by atoms with Crippen molar-refractivity contribution in [3.63, 3.8) is 0 Å². The van der Waals surface area contributed by atoms with Gasteiger partial charge in [-0.25, -0.2) is 9.69 Å². The molecule has 9 nitrogen and oxygen atoms in total. The van der Waals surface area contributed by atoms with Crippen LogP contribution in [-0.4, -0.2) is 56.1 Å². The smallest absolute Gasteiger partial charge is 0.417 e. The minimum atomic E-state index is -4.87. The van der Waals surface area contributed by atoms with E-state index in [1.54, 1.807) is 0 Å². The molecule has 12 heteroatoms. The topological polar surface area (TPSA) is 115 Å². The Morgan fingerprint density at radius 3 is 2.51 bits per heavy atom. The molecule has 0 aromatic heterocycles. The normalized spacial score (nSPS) is 29.3. The fourth-order valence-electron chi connectivity index (χ4n) is 5.05. The first-order valence-electron chi connectivity index (χ1n) is 10.6. The van der Waals surface area contributed by atoms with E-state index >= 15 is 0 Å². The first-order valence-corrected chi connectivity index (χ1v) is 10.6. The molecule has 2 unspecified atom stereocenters. The van der Waals surface area contributed by atoms with Gasteiger partial charge in [0.1, 0.15) is 5.60 Å². The van der Waals surface area contributed by atoms with Gasteiger partial charge >= 0.3 is 12.1 Å². The van der Waals surface area contributed by atoms with Gasteiger partial charge in [0.25, 0.3) is 0 Å². The molecular weight excluding hydrogens is 473 g/mol. The molecule has 1 aromatic rings. The van der Waals surface area contributed by atoms with Gasteiger partial charge in [0.2, 0.25) is 11.8 Å². The first-order chi connectivity index (χ1) is 16.4. The van der Waals surface area contributed by atoms with Crippen molar-refractivity contribution in [1.29, 1.82) is 5.26 Å². The van der Waals surface area contributed by atoms with E-state index in [9.17, 15) is 27.6 Å². The Morgan fingerprint density at radius 2 is 1.89 bits per heavy atom. The maximum Gasteiger partial charge on any atom is 0.417 e. The molecule has 0 radical (unpaired) electrons. The van der Waals surface area contributed by atoms with Crippen LogP contribution in [0.1, 0.15) is 25.0 Å². The molecule has 2 amide bonds. The fourth-order valence-corrected chi connectivity index (χ4v) is 5.05. The lowest BCUT2D eigenvalue weighted by Gasteiger charge is -2.28. The number of rotatable bonds is 7. The van der Waals surface area contributed by atoms with E-state index in [2.05, 4.69) is 0 Å². The third-order valence-corrected chi connectivity index (χ3v) is 6.53. The van der Waals surface area contributed by atoms with Gasteiger partial charge in [-0.3, -0.25) is 9.59 Å². The van der Waals surface area contributed by atoms with Crippen molar-refractivity contribution in [2.24, 2.45) is 11.8 Å². The lowest BCUT2D eigenvalue weighted by Crippen LogP contribution is -2.43. The van der Waals surface area contributed by atoms with Crippen LogP contribution in [0.25, 0.3) is 0 Å². The molecule has 0 aliphatic carbocycles. The lowest BCUT2D eigenvalue weighted by atomic mass is 9.69. The van der Waals surface area contributed by atoms with E-state index in [1.165, 1.54) is 33.1 Å². The Hall–Kier alpha value is -3.27. The zero-order valence-electron chi connectivity index (χ0n) is 19.0. The second kappa shape index (κ2) is 8.44. The maximum atomic E-state index is 13.5. The molecule has 4 rings (SSSR count). The van der Waals surface area contributed by atoms with Crippen LogP contribution < -0.4 is 4.90 Å². The van der Waals surface area contributed by atoms with Crippen LogP contribution in [0.3, 0.4) is 0 Å². The summed E-state index contributed by atoms with van der Waals surface area (Å²) in [4.78, 5) is 40.1. The molecule has 2 bridgehead atoms. The first kappa shape index (κ1) is 24.8. The van der Waals surface area contributed by atoms with Gasteiger partial charge in [0, 0.05) is 7.11 Å². The van der Waals surface area contributed by atoms with E-state index in [0.717, 1.165) is 12.1 Å². The number of hydrogen-bond donors (Lipinski definition) is 0. The van der Waals surface area contributed by atoms with Crippen molar-refractivity contribution in [3.8, 4) is 6.07 Å². The summed E-state index contributed by atoms with van der Waals surface area (Å²) in [7, 11) is 1.48. The summed E-state index contributed by atoms with van der Waals surface area (Å²) in [5, 5.41) is 9.02. The molecule has 35 heavy (non-hydrogen) atoms. The number of esters is 1. The molecular formula is C23H21F3N2O7. The largest absolute Gasteiger partial charge is 0.435 e. The molecule has 4 atom stereocenters. The number of halogens is 3. The zero-order valence-corrected chi connectivity index (χ0v) is 19.0. The van der Waals surface area contributed by atoms with E-state index in [1.807, 2.05) is 0 Å². The Bertz CT molecular complexity index is 1170. The number of anilines is 1. The predicted octanol–water partition coefficient (Wildman–Crippen LogP) is 2.33. The van der Waals surface area contributed by atoms with Crippen LogP contribution in [0.4, 0.5) is 18.9 Å². The monoisotopic (exact) mass is 494 g/mol. The van der Waals surface area contributed by atoms with Gasteiger partial charge < -0.3 is 18.9 Å². The molecule has 2 fully saturated rings. The molecule has 3 aliphatic heterocycles. The highest BCUT2D eigenvalue weighted by molar-refractivity contribution is 6.24. The number of nitrogens with zero attached hydrogens (tertiary/aromatic N) is 2. The van der Waals surface area contributed by atoms with Crippen LogP contribution in [0, 0.1) is 23.2 Å². The number of fused-ring (bicyclic) bond motifs is 5. The second-order valence-corrected chi connectivity index (χ2v) is 8.71. The van der Waals surface area contributed by atoms with Gasteiger partial charge in [-0.05, 0) is 38.1 Å². The zero-order chi connectivity index (χ0) is 25.8. The van der Waals surface area contributed by atoms with Crippen LogP contribution in [-0.2, 0) is 39.5 Å². The number of carbonyl (C=O) groups excluding carboxylic acids is 3. The van der Waals surface area contributed by atoms with Crippen molar-refractivity contribution >= 4 is 23.5 Å². The van der Waals surface area contributed by atoms with Gasteiger partial charge in [-0.2, -0.15) is 18.4 Å². The molecule has 3 heterocycles. The SMILES string of the molecule is COCCOCOC(=O)C1=CC2(C)OC1(C)[C@@H]1C(=O)N(c3ccc(C#N)c(C(F)(F)F)c3)C(=O)[C@@H]12. The maximum absolute atomic E-state index is 13.5. The summed E-state index contributed by atoms with van der Waals surface area (Å²) in [5.74, 6) is -4.58. The molecule has 186 valence electrons. The van der Waals surface area contributed by atoms with Crippen LogP contribution >= 0.6 is 0 Å². The second-order valence-electron chi connectivity index (χ2n) is 8.71. The number of imide groups is 1. The average molecular weight is 494 g/mol. The van der Waals surface area contributed by atoms with Gasteiger partial charge in [0.05, 0.1) is 59.1 Å². The van der Waals surface area contributed by atoms with Crippen LogP contribution in [0.15, 0.2) is 29.8 Å². The number of hydrogen-bond acceptors (Lipinski definition) is 8. The molecule has 3 aliphatic rings. The summed E-state index contributed by atoms with van der Waals surface area (Å²) in [6.07, 6.45) is -3.45. The Kier molecular flexibility index (Phi) is 5.99. The predicted molar refractivity (Wildman–Crippen MR) is 110 cm³/mol. The van der Waals surface area contributed by atoms with E-state index in [0.29, 0.717) is 17.6 Å². The molecule has 0 N–H and O–H groups in total. The standard InChI is InChI=1S/C23H21F3N2O7/c1-21-9-15(20(31)34-11-33-7-6-32-3)22(2,35-21)17-16(21)18(29)28(19(17)30)13-5-4-12(10-27)14(8-13)23(24,25)26/h4-5,8-9,16-17H,6-7,11H2,1-3H3/t16-,17+,21?,22?/m1/s1. The van der Waals surface area contributed by atoms with E-state index < -0.39 is 58.1 Å². The minimum Gasteiger partial charge on any atom is -0.435 e. The molecule has 1 aromatic carbocycles. The summed E-state index contributed by atoms with van der Waals surface area (Å²) in [6.45, 7) is 3.10. The highest BCUT2D eigenvalue weighted by Gasteiger charge is 2.74. The third-order valence-electron chi connectivity index (χ3n) is 6.53. The Morgan fingerprint density at radius 1 is 1.20 bits per heavy atom. The third kappa shape index (κ3) is 3.80.